The Morgan fingerprint density at radius 3 is 3.08 bits per heavy atom. The molecule has 1 nitrogen and oxygen atoms in total. The Bertz CT molecular complexity index is 333. The summed E-state index contributed by atoms with van der Waals surface area (Å²) in [6.45, 7) is 0. The van der Waals surface area contributed by atoms with E-state index in [0.29, 0.717) is 0 Å². The molecule has 1 aromatic rings. The molecular weight excluding hydrogens is 146 g/mol. The monoisotopic (exact) mass is 156 g/mol. The number of nitrogens with zero attached hydrogens (tertiary/aromatic N) is 1. The standard InChI is InChI=1S/C11H10N/c12-8-10-6-3-5-9-4-1-2-7-11(9)10/h3,5-7H,1-2,4H2. The molecule has 1 aromatic carbocycles. The molecule has 0 amide bonds. The van der Waals surface area contributed by atoms with Crippen LogP contribution in [0.25, 0.3) is 0 Å². The number of rotatable bonds is 0. The van der Waals surface area contributed by atoms with Crippen LogP contribution in [0, 0.1) is 17.8 Å². The van der Waals surface area contributed by atoms with Crippen LogP contribution >= 0.6 is 0 Å². The van der Waals surface area contributed by atoms with E-state index in [1.54, 1.807) is 0 Å². The molecule has 59 valence electrons. The van der Waals surface area contributed by atoms with Gasteiger partial charge in [-0.2, -0.15) is 5.26 Å². The van der Waals surface area contributed by atoms with Gasteiger partial charge < -0.3 is 0 Å². The van der Waals surface area contributed by atoms with Crippen LogP contribution in [0.1, 0.15) is 29.5 Å². The van der Waals surface area contributed by atoms with Crippen molar-refractivity contribution in [2.24, 2.45) is 0 Å². The van der Waals surface area contributed by atoms with Crippen LogP contribution < -0.4 is 0 Å². The summed E-state index contributed by atoms with van der Waals surface area (Å²) in [5.74, 6) is 0. The van der Waals surface area contributed by atoms with Gasteiger partial charge in [0.15, 0.2) is 0 Å². The topological polar surface area (TPSA) is 23.8 Å². The molecule has 1 radical (unpaired) electrons. The van der Waals surface area contributed by atoms with Gasteiger partial charge in [-0.15, -0.1) is 0 Å². The minimum atomic E-state index is 0.826. The van der Waals surface area contributed by atoms with Crippen molar-refractivity contribution in [2.75, 3.05) is 0 Å². The van der Waals surface area contributed by atoms with Crippen LogP contribution in [0.3, 0.4) is 0 Å². The molecule has 1 aliphatic carbocycles. The van der Waals surface area contributed by atoms with E-state index in [1.807, 2.05) is 12.1 Å². The Morgan fingerprint density at radius 1 is 1.33 bits per heavy atom. The van der Waals surface area contributed by atoms with Gasteiger partial charge in [0.1, 0.15) is 0 Å². The largest absolute Gasteiger partial charge is 0.192 e. The molecule has 0 heterocycles. The second kappa shape index (κ2) is 2.98. The highest BCUT2D eigenvalue weighted by atomic mass is 14.3. The second-order valence-corrected chi connectivity index (χ2v) is 3.09. The normalized spacial score (nSPS) is 14.9. The Labute approximate surface area is 72.6 Å². The predicted molar refractivity (Wildman–Crippen MR) is 47.5 cm³/mol. The van der Waals surface area contributed by atoms with E-state index >= 15 is 0 Å². The van der Waals surface area contributed by atoms with E-state index in [1.165, 1.54) is 17.5 Å². The number of hydrogen-bond acceptors (Lipinski definition) is 1. The molecule has 0 aromatic heterocycles. The van der Waals surface area contributed by atoms with Gasteiger partial charge in [-0.3, -0.25) is 0 Å². The lowest BCUT2D eigenvalue weighted by atomic mass is 9.89. The smallest absolute Gasteiger partial charge is 0.0994 e. The Morgan fingerprint density at radius 2 is 2.25 bits per heavy atom. The van der Waals surface area contributed by atoms with Gasteiger partial charge in [0.2, 0.25) is 0 Å². The zero-order chi connectivity index (χ0) is 8.39. The molecule has 12 heavy (non-hydrogen) atoms. The zero-order valence-corrected chi connectivity index (χ0v) is 6.88. The van der Waals surface area contributed by atoms with Gasteiger partial charge in [0.25, 0.3) is 0 Å². The summed E-state index contributed by atoms with van der Waals surface area (Å²) in [4.78, 5) is 0. The highest BCUT2D eigenvalue weighted by molar-refractivity contribution is 5.48. The number of aryl methyl sites for hydroxylation is 1. The number of benzene rings is 1. The minimum absolute atomic E-state index is 0.826. The van der Waals surface area contributed by atoms with E-state index in [4.69, 9.17) is 5.26 Å². The molecule has 0 fully saturated rings. The van der Waals surface area contributed by atoms with Crippen LogP contribution in [0.15, 0.2) is 18.2 Å². The lowest BCUT2D eigenvalue weighted by Gasteiger charge is -2.15. The van der Waals surface area contributed by atoms with Crippen molar-refractivity contribution in [3.05, 3.63) is 41.3 Å². The second-order valence-electron chi connectivity index (χ2n) is 3.09. The number of nitriles is 1. The molecule has 1 aliphatic rings. The Kier molecular flexibility index (Phi) is 1.83. The minimum Gasteiger partial charge on any atom is -0.192 e. The Balaban J connectivity index is 2.53. The predicted octanol–water partition coefficient (Wildman–Crippen LogP) is 2.45. The molecular formula is C11H10N. The maximum Gasteiger partial charge on any atom is 0.0994 e. The fraction of sp³-hybridized carbons (Fsp3) is 0.273. The lowest BCUT2D eigenvalue weighted by molar-refractivity contribution is 0.774. The summed E-state index contributed by atoms with van der Waals surface area (Å²) in [6.07, 6.45) is 5.65. The molecule has 0 N–H and O–H groups in total. The third-order valence-electron chi connectivity index (χ3n) is 2.32. The van der Waals surface area contributed by atoms with Crippen molar-refractivity contribution in [1.29, 1.82) is 5.26 Å². The van der Waals surface area contributed by atoms with Crippen molar-refractivity contribution >= 4 is 0 Å². The lowest BCUT2D eigenvalue weighted by Crippen LogP contribution is -2.02. The molecule has 0 atom stereocenters. The van der Waals surface area contributed by atoms with Gasteiger partial charge in [-0.25, -0.2) is 0 Å². The highest BCUT2D eigenvalue weighted by Gasteiger charge is 2.11. The quantitative estimate of drug-likeness (QED) is 0.566. The van der Waals surface area contributed by atoms with Crippen LogP contribution in [-0.4, -0.2) is 0 Å². The zero-order valence-electron chi connectivity index (χ0n) is 6.88. The van der Waals surface area contributed by atoms with Crippen molar-refractivity contribution < 1.29 is 0 Å². The first kappa shape index (κ1) is 7.36. The number of fused-ring (bicyclic) bond motifs is 1. The maximum absolute atomic E-state index is 8.82. The average Bonchev–Trinajstić information content (AvgIpc) is 2.17. The molecule has 0 bridgehead atoms. The van der Waals surface area contributed by atoms with Crippen molar-refractivity contribution in [3.8, 4) is 6.07 Å². The van der Waals surface area contributed by atoms with Crippen LogP contribution in [0.4, 0.5) is 0 Å². The molecule has 1 heteroatoms. The van der Waals surface area contributed by atoms with E-state index in [2.05, 4.69) is 18.6 Å². The summed E-state index contributed by atoms with van der Waals surface area (Å²) in [5, 5.41) is 8.82. The van der Waals surface area contributed by atoms with Gasteiger partial charge in [-0.05, 0) is 42.9 Å². The van der Waals surface area contributed by atoms with Crippen LogP contribution in [0.5, 0.6) is 0 Å². The maximum atomic E-state index is 8.82. The molecule has 0 spiro atoms. The van der Waals surface area contributed by atoms with Crippen molar-refractivity contribution in [1.82, 2.24) is 0 Å². The fourth-order valence-corrected chi connectivity index (χ4v) is 1.71. The van der Waals surface area contributed by atoms with Crippen LogP contribution in [-0.2, 0) is 6.42 Å². The van der Waals surface area contributed by atoms with Crippen molar-refractivity contribution in [2.45, 2.75) is 19.3 Å². The Hall–Kier alpha value is -1.29. The van der Waals surface area contributed by atoms with Gasteiger partial charge >= 0.3 is 0 Å². The molecule has 0 saturated carbocycles. The third-order valence-corrected chi connectivity index (χ3v) is 2.32. The van der Waals surface area contributed by atoms with E-state index in [0.717, 1.165) is 18.4 Å². The first-order valence-corrected chi connectivity index (χ1v) is 4.27. The van der Waals surface area contributed by atoms with E-state index < -0.39 is 0 Å². The summed E-state index contributed by atoms with van der Waals surface area (Å²) >= 11 is 0. The molecule has 0 aliphatic heterocycles. The van der Waals surface area contributed by atoms with Gasteiger partial charge in [-0.1, -0.05) is 12.1 Å². The van der Waals surface area contributed by atoms with Gasteiger partial charge in [0.05, 0.1) is 11.6 Å². The van der Waals surface area contributed by atoms with Crippen LogP contribution in [0.2, 0.25) is 0 Å². The third kappa shape index (κ3) is 1.10. The summed E-state index contributed by atoms with van der Waals surface area (Å²) in [7, 11) is 0. The highest BCUT2D eigenvalue weighted by Crippen LogP contribution is 2.25. The summed E-state index contributed by atoms with van der Waals surface area (Å²) < 4.78 is 0. The van der Waals surface area contributed by atoms with E-state index in [-0.39, 0.29) is 0 Å². The SMILES string of the molecule is N#Cc1cccc2c1[CH]CCC2. The summed E-state index contributed by atoms with van der Waals surface area (Å²) in [6, 6.07) is 8.20. The fourth-order valence-electron chi connectivity index (χ4n) is 1.71. The molecule has 0 saturated heterocycles. The number of hydrogen-bond donors (Lipinski definition) is 0. The summed E-state index contributed by atoms with van der Waals surface area (Å²) in [5.41, 5.74) is 3.33. The molecule has 0 unspecified atom stereocenters. The average molecular weight is 156 g/mol. The van der Waals surface area contributed by atoms with Crippen molar-refractivity contribution in [3.63, 3.8) is 0 Å². The first-order chi connectivity index (χ1) is 5.92. The molecule has 2 rings (SSSR count). The first-order valence-electron chi connectivity index (χ1n) is 4.27. The van der Waals surface area contributed by atoms with Gasteiger partial charge in [0, 0.05) is 0 Å². The van der Waals surface area contributed by atoms with E-state index in [9.17, 15) is 0 Å².